The van der Waals surface area contributed by atoms with Gasteiger partial charge in [-0.05, 0) is 27.2 Å². The van der Waals surface area contributed by atoms with E-state index >= 15 is 0 Å². The van der Waals surface area contributed by atoms with Gasteiger partial charge >= 0.3 is 0 Å². The Kier molecular flexibility index (Phi) is 4.89. The van der Waals surface area contributed by atoms with Crippen LogP contribution in [-0.2, 0) is 0 Å². The first-order valence-electron chi connectivity index (χ1n) is 6.76. The molecule has 5 nitrogen and oxygen atoms in total. The van der Waals surface area contributed by atoms with E-state index in [1.165, 1.54) is 4.88 Å². The molecule has 2 heterocycles. The fourth-order valence-corrected chi connectivity index (χ4v) is 2.49. The SMILES string of the molecule is CCCOc1cc(C)nc(NC(C)c2ncc(C)s2)n1. The van der Waals surface area contributed by atoms with Crippen LogP contribution in [0.3, 0.4) is 0 Å². The Bertz CT molecular complexity index is 570. The Hall–Kier alpha value is -1.69. The number of ether oxygens (including phenoxy) is 1. The van der Waals surface area contributed by atoms with Crippen molar-refractivity contribution < 1.29 is 4.74 Å². The molecule has 2 aromatic rings. The largest absolute Gasteiger partial charge is 0.478 e. The van der Waals surface area contributed by atoms with Crippen molar-refractivity contribution in [1.29, 1.82) is 0 Å². The standard InChI is InChI=1S/C14H20N4OS/c1-5-6-19-12-7-9(2)16-14(18-12)17-11(4)13-15-8-10(3)20-13/h7-8,11H,5-6H2,1-4H3,(H,16,17,18). The molecule has 0 aliphatic heterocycles. The summed E-state index contributed by atoms with van der Waals surface area (Å²) in [5, 5.41) is 4.31. The molecule has 2 rings (SSSR count). The Balaban J connectivity index is 2.10. The summed E-state index contributed by atoms with van der Waals surface area (Å²) in [6.07, 6.45) is 2.84. The lowest BCUT2D eigenvalue weighted by atomic mass is 10.3. The maximum Gasteiger partial charge on any atom is 0.226 e. The minimum Gasteiger partial charge on any atom is -0.478 e. The van der Waals surface area contributed by atoms with Crippen LogP contribution < -0.4 is 10.1 Å². The fourth-order valence-electron chi connectivity index (χ4n) is 1.71. The fraction of sp³-hybridized carbons (Fsp3) is 0.500. The molecule has 0 radical (unpaired) electrons. The van der Waals surface area contributed by atoms with E-state index in [9.17, 15) is 0 Å². The summed E-state index contributed by atoms with van der Waals surface area (Å²) in [6.45, 7) is 8.77. The van der Waals surface area contributed by atoms with Gasteiger partial charge in [-0.15, -0.1) is 11.3 Å². The van der Waals surface area contributed by atoms with E-state index in [1.807, 2.05) is 26.1 Å². The number of aryl methyl sites for hydroxylation is 2. The molecule has 0 fully saturated rings. The van der Waals surface area contributed by atoms with Crippen molar-refractivity contribution in [2.45, 2.75) is 40.2 Å². The van der Waals surface area contributed by atoms with Crippen molar-refractivity contribution in [3.05, 3.63) is 27.8 Å². The zero-order valence-corrected chi connectivity index (χ0v) is 13.1. The molecule has 0 bridgehead atoms. The van der Waals surface area contributed by atoms with E-state index in [4.69, 9.17) is 4.74 Å². The van der Waals surface area contributed by atoms with Gasteiger partial charge in [0.2, 0.25) is 11.8 Å². The van der Waals surface area contributed by atoms with Crippen molar-refractivity contribution in [1.82, 2.24) is 15.0 Å². The zero-order chi connectivity index (χ0) is 14.5. The molecular formula is C14H20N4OS. The predicted octanol–water partition coefficient (Wildman–Crippen LogP) is 3.51. The van der Waals surface area contributed by atoms with Crippen LogP contribution in [0, 0.1) is 13.8 Å². The third-order valence-electron chi connectivity index (χ3n) is 2.64. The van der Waals surface area contributed by atoms with Gasteiger partial charge in [-0.1, -0.05) is 6.92 Å². The monoisotopic (exact) mass is 292 g/mol. The van der Waals surface area contributed by atoms with Crippen molar-refractivity contribution in [2.75, 3.05) is 11.9 Å². The van der Waals surface area contributed by atoms with Crippen molar-refractivity contribution in [3.63, 3.8) is 0 Å². The third-order valence-corrected chi connectivity index (χ3v) is 3.74. The molecule has 0 spiro atoms. The molecule has 6 heteroatoms. The average Bonchev–Trinajstić information content (AvgIpc) is 2.82. The molecule has 20 heavy (non-hydrogen) atoms. The first-order chi connectivity index (χ1) is 9.58. The summed E-state index contributed by atoms with van der Waals surface area (Å²) in [5.74, 6) is 1.20. The molecule has 108 valence electrons. The molecule has 2 aromatic heterocycles. The first kappa shape index (κ1) is 14.7. The lowest BCUT2D eigenvalue weighted by molar-refractivity contribution is 0.305. The second-order valence-corrected chi connectivity index (χ2v) is 5.96. The lowest BCUT2D eigenvalue weighted by Gasteiger charge is -2.12. The topological polar surface area (TPSA) is 59.9 Å². The molecule has 0 amide bonds. The highest BCUT2D eigenvalue weighted by molar-refractivity contribution is 7.11. The Morgan fingerprint density at radius 3 is 2.80 bits per heavy atom. The summed E-state index contributed by atoms with van der Waals surface area (Å²) in [5.41, 5.74) is 0.885. The van der Waals surface area contributed by atoms with Crippen LogP contribution in [0.5, 0.6) is 5.88 Å². The van der Waals surface area contributed by atoms with Crippen molar-refractivity contribution >= 4 is 17.3 Å². The zero-order valence-electron chi connectivity index (χ0n) is 12.3. The van der Waals surface area contributed by atoms with Gasteiger partial charge in [0, 0.05) is 22.8 Å². The third kappa shape index (κ3) is 3.90. The average molecular weight is 292 g/mol. The molecule has 1 unspecified atom stereocenters. The summed E-state index contributed by atoms with van der Waals surface area (Å²) < 4.78 is 5.56. The number of hydrogen-bond donors (Lipinski definition) is 1. The summed E-state index contributed by atoms with van der Waals surface area (Å²) in [4.78, 5) is 14.3. The van der Waals surface area contributed by atoms with Gasteiger partial charge in [-0.3, -0.25) is 0 Å². The van der Waals surface area contributed by atoms with Gasteiger partial charge in [-0.25, -0.2) is 9.97 Å². The van der Waals surface area contributed by atoms with Gasteiger partial charge < -0.3 is 10.1 Å². The van der Waals surface area contributed by atoms with E-state index in [2.05, 4.69) is 34.1 Å². The summed E-state index contributed by atoms with van der Waals surface area (Å²) in [6, 6.07) is 1.92. The van der Waals surface area contributed by atoms with Crippen LogP contribution in [0.15, 0.2) is 12.3 Å². The van der Waals surface area contributed by atoms with Crippen LogP contribution in [0.25, 0.3) is 0 Å². The smallest absolute Gasteiger partial charge is 0.226 e. The van der Waals surface area contributed by atoms with Gasteiger partial charge in [0.05, 0.1) is 12.6 Å². The number of aromatic nitrogens is 3. The first-order valence-corrected chi connectivity index (χ1v) is 7.57. The van der Waals surface area contributed by atoms with Crippen LogP contribution in [0.4, 0.5) is 5.95 Å². The van der Waals surface area contributed by atoms with Gasteiger partial charge in [0.25, 0.3) is 0 Å². The van der Waals surface area contributed by atoms with E-state index in [1.54, 1.807) is 11.3 Å². The molecule has 0 aliphatic rings. The maximum atomic E-state index is 5.56. The van der Waals surface area contributed by atoms with Crippen LogP contribution in [0.2, 0.25) is 0 Å². The Morgan fingerprint density at radius 2 is 2.15 bits per heavy atom. The number of anilines is 1. The molecular weight excluding hydrogens is 272 g/mol. The lowest BCUT2D eigenvalue weighted by Crippen LogP contribution is -2.10. The van der Waals surface area contributed by atoms with Crippen LogP contribution in [0.1, 0.15) is 41.9 Å². The van der Waals surface area contributed by atoms with Gasteiger partial charge in [-0.2, -0.15) is 4.98 Å². The highest BCUT2D eigenvalue weighted by atomic mass is 32.1. The van der Waals surface area contributed by atoms with Crippen molar-refractivity contribution in [2.24, 2.45) is 0 Å². The molecule has 0 saturated carbocycles. The number of nitrogens with one attached hydrogen (secondary N) is 1. The van der Waals surface area contributed by atoms with E-state index in [-0.39, 0.29) is 6.04 Å². The molecule has 1 N–H and O–H groups in total. The normalized spacial score (nSPS) is 12.2. The second kappa shape index (κ2) is 6.65. The Morgan fingerprint density at radius 1 is 1.35 bits per heavy atom. The van der Waals surface area contributed by atoms with E-state index in [0.29, 0.717) is 18.4 Å². The van der Waals surface area contributed by atoms with E-state index in [0.717, 1.165) is 17.1 Å². The van der Waals surface area contributed by atoms with E-state index < -0.39 is 0 Å². The summed E-state index contributed by atoms with van der Waals surface area (Å²) >= 11 is 1.68. The second-order valence-electron chi connectivity index (χ2n) is 4.69. The molecule has 1 atom stereocenters. The number of nitrogens with zero attached hydrogens (tertiary/aromatic N) is 3. The van der Waals surface area contributed by atoms with Gasteiger partial charge in [0.15, 0.2) is 0 Å². The van der Waals surface area contributed by atoms with Crippen LogP contribution >= 0.6 is 11.3 Å². The highest BCUT2D eigenvalue weighted by Crippen LogP contribution is 2.22. The number of rotatable bonds is 6. The molecule has 0 aromatic carbocycles. The highest BCUT2D eigenvalue weighted by Gasteiger charge is 2.12. The van der Waals surface area contributed by atoms with Crippen molar-refractivity contribution in [3.8, 4) is 5.88 Å². The Labute approximate surface area is 123 Å². The predicted molar refractivity (Wildman–Crippen MR) is 81.4 cm³/mol. The maximum absolute atomic E-state index is 5.56. The quantitative estimate of drug-likeness (QED) is 0.882. The molecule has 0 aliphatic carbocycles. The minimum atomic E-state index is 0.0783. The van der Waals surface area contributed by atoms with Gasteiger partial charge in [0.1, 0.15) is 5.01 Å². The number of thiazole rings is 1. The minimum absolute atomic E-state index is 0.0783. The summed E-state index contributed by atoms with van der Waals surface area (Å²) in [7, 11) is 0. The van der Waals surface area contributed by atoms with Crippen LogP contribution in [-0.4, -0.2) is 21.6 Å². The molecule has 0 saturated heterocycles. The number of hydrogen-bond acceptors (Lipinski definition) is 6.